The summed E-state index contributed by atoms with van der Waals surface area (Å²) in [6.45, 7) is 4.96. The van der Waals surface area contributed by atoms with Gasteiger partial charge < -0.3 is 20.1 Å². The van der Waals surface area contributed by atoms with Gasteiger partial charge in [-0.15, -0.1) is 12.4 Å². The highest BCUT2D eigenvalue weighted by Crippen LogP contribution is 2.30. The molecule has 1 aromatic rings. The number of halogens is 1. The second-order valence-electron chi connectivity index (χ2n) is 4.25. The number of rotatable bonds is 7. The van der Waals surface area contributed by atoms with Crippen LogP contribution in [0, 0.1) is 5.92 Å². The van der Waals surface area contributed by atoms with Crippen LogP contribution in [0.3, 0.4) is 0 Å². The predicted molar refractivity (Wildman–Crippen MR) is 83.1 cm³/mol. The normalized spacial score (nSPS) is 11.2. The molecule has 0 saturated heterocycles. The molecule has 0 fully saturated rings. The zero-order valence-electron chi connectivity index (χ0n) is 12.4. The molecule has 0 aliphatic rings. The molecule has 1 unspecified atom stereocenters. The summed E-state index contributed by atoms with van der Waals surface area (Å²) in [5.74, 6) is 1.16. The van der Waals surface area contributed by atoms with Crippen LogP contribution in [0.25, 0.3) is 0 Å². The SMILES string of the molecule is CCOc1cc(NC(=O)C(C)CNC)ccc1OC.Cl. The number of carbonyl (C=O) groups is 1. The first-order valence-corrected chi connectivity index (χ1v) is 6.38. The van der Waals surface area contributed by atoms with Gasteiger partial charge in [-0.1, -0.05) is 6.92 Å². The molecule has 0 heterocycles. The average molecular weight is 303 g/mol. The number of ether oxygens (including phenoxy) is 2. The Morgan fingerprint density at radius 3 is 2.60 bits per heavy atom. The standard InChI is InChI=1S/C14H22N2O3.ClH/c1-5-19-13-8-11(6-7-12(13)18-4)16-14(17)10(2)9-15-3;/h6-8,10,15H,5,9H2,1-4H3,(H,16,17);1H. The van der Waals surface area contributed by atoms with E-state index in [1.165, 1.54) is 0 Å². The van der Waals surface area contributed by atoms with Gasteiger partial charge in [0.2, 0.25) is 5.91 Å². The van der Waals surface area contributed by atoms with Gasteiger partial charge in [0.05, 0.1) is 13.7 Å². The Kier molecular flexibility index (Phi) is 8.76. The molecule has 0 radical (unpaired) electrons. The molecule has 0 saturated carbocycles. The summed E-state index contributed by atoms with van der Waals surface area (Å²) in [5, 5.41) is 5.84. The molecule has 114 valence electrons. The Bertz CT molecular complexity index is 427. The van der Waals surface area contributed by atoms with Crippen molar-refractivity contribution in [2.24, 2.45) is 5.92 Å². The van der Waals surface area contributed by atoms with Gasteiger partial charge >= 0.3 is 0 Å². The maximum Gasteiger partial charge on any atom is 0.228 e. The summed E-state index contributed by atoms with van der Waals surface area (Å²) in [6, 6.07) is 5.35. The van der Waals surface area contributed by atoms with Crippen LogP contribution in [0.4, 0.5) is 5.69 Å². The summed E-state index contributed by atoms with van der Waals surface area (Å²) < 4.78 is 10.7. The van der Waals surface area contributed by atoms with Crippen LogP contribution in [0.1, 0.15) is 13.8 Å². The Labute approximate surface area is 126 Å². The molecule has 5 nitrogen and oxygen atoms in total. The molecule has 0 aromatic heterocycles. The van der Waals surface area contributed by atoms with Crippen molar-refractivity contribution in [1.29, 1.82) is 0 Å². The van der Waals surface area contributed by atoms with E-state index in [4.69, 9.17) is 9.47 Å². The van der Waals surface area contributed by atoms with E-state index in [9.17, 15) is 4.79 Å². The van der Waals surface area contributed by atoms with Crippen LogP contribution in [0.15, 0.2) is 18.2 Å². The highest BCUT2D eigenvalue weighted by atomic mass is 35.5. The van der Waals surface area contributed by atoms with E-state index in [-0.39, 0.29) is 24.2 Å². The largest absolute Gasteiger partial charge is 0.493 e. The molecule has 1 rings (SSSR count). The van der Waals surface area contributed by atoms with Crippen molar-refractivity contribution in [2.45, 2.75) is 13.8 Å². The summed E-state index contributed by atoms with van der Waals surface area (Å²) in [6.07, 6.45) is 0. The molecule has 1 aromatic carbocycles. The zero-order chi connectivity index (χ0) is 14.3. The molecule has 0 aliphatic heterocycles. The number of benzene rings is 1. The molecule has 1 atom stereocenters. The van der Waals surface area contributed by atoms with Crippen LogP contribution >= 0.6 is 12.4 Å². The fourth-order valence-corrected chi connectivity index (χ4v) is 1.69. The molecule has 6 heteroatoms. The van der Waals surface area contributed by atoms with E-state index in [2.05, 4.69) is 10.6 Å². The van der Waals surface area contributed by atoms with Gasteiger partial charge in [0, 0.05) is 24.2 Å². The van der Waals surface area contributed by atoms with E-state index in [1.807, 2.05) is 20.9 Å². The summed E-state index contributed by atoms with van der Waals surface area (Å²) in [7, 11) is 3.41. The van der Waals surface area contributed by atoms with Gasteiger partial charge in [-0.05, 0) is 26.1 Å². The van der Waals surface area contributed by atoms with Crippen molar-refractivity contribution in [1.82, 2.24) is 5.32 Å². The first kappa shape index (κ1) is 18.5. The lowest BCUT2D eigenvalue weighted by Gasteiger charge is -2.14. The number of nitrogens with one attached hydrogen (secondary N) is 2. The number of amides is 1. The fourth-order valence-electron chi connectivity index (χ4n) is 1.69. The van der Waals surface area contributed by atoms with Gasteiger partial charge in [-0.25, -0.2) is 0 Å². The summed E-state index contributed by atoms with van der Waals surface area (Å²) >= 11 is 0. The van der Waals surface area contributed by atoms with Crippen molar-refractivity contribution < 1.29 is 14.3 Å². The minimum Gasteiger partial charge on any atom is -0.493 e. The number of methoxy groups -OCH3 is 1. The molecule has 2 N–H and O–H groups in total. The van der Waals surface area contributed by atoms with E-state index >= 15 is 0 Å². The second-order valence-corrected chi connectivity index (χ2v) is 4.25. The van der Waals surface area contributed by atoms with Gasteiger partial charge in [0.1, 0.15) is 0 Å². The van der Waals surface area contributed by atoms with E-state index in [0.717, 1.165) is 0 Å². The van der Waals surface area contributed by atoms with Crippen molar-refractivity contribution >= 4 is 24.0 Å². The van der Waals surface area contributed by atoms with E-state index < -0.39 is 0 Å². The molecule has 0 aliphatic carbocycles. The minimum atomic E-state index is -0.0948. The first-order chi connectivity index (χ1) is 9.12. The molecule has 20 heavy (non-hydrogen) atoms. The number of hydrogen-bond acceptors (Lipinski definition) is 4. The van der Waals surface area contributed by atoms with Gasteiger partial charge in [0.25, 0.3) is 0 Å². The lowest BCUT2D eigenvalue weighted by molar-refractivity contribution is -0.119. The van der Waals surface area contributed by atoms with Crippen LogP contribution in [0.5, 0.6) is 11.5 Å². The minimum absolute atomic E-state index is 0. The van der Waals surface area contributed by atoms with E-state index in [0.29, 0.717) is 30.3 Å². The Balaban J connectivity index is 0.00000361. The first-order valence-electron chi connectivity index (χ1n) is 6.38. The van der Waals surface area contributed by atoms with Gasteiger partial charge in [0.15, 0.2) is 11.5 Å². The number of anilines is 1. The number of hydrogen-bond donors (Lipinski definition) is 2. The fraction of sp³-hybridized carbons (Fsp3) is 0.500. The molecular formula is C14H23ClN2O3. The Morgan fingerprint density at radius 1 is 1.35 bits per heavy atom. The monoisotopic (exact) mass is 302 g/mol. The topological polar surface area (TPSA) is 59.6 Å². The third kappa shape index (κ3) is 5.27. The van der Waals surface area contributed by atoms with E-state index in [1.54, 1.807) is 25.3 Å². The lowest BCUT2D eigenvalue weighted by atomic mass is 10.1. The van der Waals surface area contributed by atoms with Gasteiger partial charge in [-0.3, -0.25) is 4.79 Å². The predicted octanol–water partition coefficient (Wildman–Crippen LogP) is 2.31. The van der Waals surface area contributed by atoms with Crippen molar-refractivity contribution in [3.63, 3.8) is 0 Å². The number of carbonyl (C=O) groups excluding carboxylic acids is 1. The second kappa shape index (κ2) is 9.44. The molecule has 1 amide bonds. The smallest absolute Gasteiger partial charge is 0.228 e. The van der Waals surface area contributed by atoms with Crippen LogP contribution in [-0.2, 0) is 4.79 Å². The van der Waals surface area contributed by atoms with Crippen molar-refractivity contribution in [2.75, 3.05) is 32.6 Å². The Hall–Kier alpha value is -1.46. The van der Waals surface area contributed by atoms with Crippen LogP contribution in [-0.4, -0.2) is 33.2 Å². The van der Waals surface area contributed by atoms with Crippen LogP contribution < -0.4 is 20.1 Å². The van der Waals surface area contributed by atoms with Crippen molar-refractivity contribution in [3.8, 4) is 11.5 Å². The van der Waals surface area contributed by atoms with Gasteiger partial charge in [-0.2, -0.15) is 0 Å². The molecular weight excluding hydrogens is 280 g/mol. The third-order valence-electron chi connectivity index (χ3n) is 2.69. The molecule has 0 bridgehead atoms. The quantitative estimate of drug-likeness (QED) is 0.811. The summed E-state index contributed by atoms with van der Waals surface area (Å²) in [5.41, 5.74) is 0.706. The van der Waals surface area contributed by atoms with Crippen molar-refractivity contribution in [3.05, 3.63) is 18.2 Å². The van der Waals surface area contributed by atoms with Crippen LogP contribution in [0.2, 0.25) is 0 Å². The lowest BCUT2D eigenvalue weighted by Crippen LogP contribution is -2.28. The average Bonchev–Trinajstić information content (AvgIpc) is 2.39. The highest BCUT2D eigenvalue weighted by molar-refractivity contribution is 5.92. The zero-order valence-corrected chi connectivity index (χ0v) is 13.2. The highest BCUT2D eigenvalue weighted by Gasteiger charge is 2.13. The third-order valence-corrected chi connectivity index (χ3v) is 2.69. The Morgan fingerprint density at radius 2 is 2.05 bits per heavy atom. The maximum absolute atomic E-state index is 11.9. The molecule has 0 spiro atoms. The maximum atomic E-state index is 11.9. The summed E-state index contributed by atoms with van der Waals surface area (Å²) in [4.78, 5) is 11.9.